The smallest absolute Gasteiger partial charge is 0.271 e. The van der Waals surface area contributed by atoms with E-state index in [-0.39, 0.29) is 11.8 Å². The zero-order valence-electron chi connectivity index (χ0n) is 17.9. The molecular weight excluding hydrogens is 374 g/mol. The van der Waals surface area contributed by atoms with Crippen molar-refractivity contribution in [1.82, 2.24) is 14.8 Å². The number of aromatic nitrogens is 1. The molecule has 5 heteroatoms. The second-order valence-electron chi connectivity index (χ2n) is 8.76. The molecule has 1 aromatic heterocycles. The van der Waals surface area contributed by atoms with Gasteiger partial charge in [-0.15, -0.1) is 0 Å². The number of rotatable bonds is 6. The third-order valence-electron chi connectivity index (χ3n) is 6.02. The second-order valence-corrected chi connectivity index (χ2v) is 8.76. The van der Waals surface area contributed by atoms with Crippen LogP contribution in [0.15, 0.2) is 60.7 Å². The Bertz CT molecular complexity index is 1070. The lowest BCUT2D eigenvalue weighted by Crippen LogP contribution is -2.63. The SMILES string of the molecule is CC(C)CCNC(=O)[C@]1(C)Cn2c(cc3ccccc32)C(=O)N1Cc1ccccc1. The van der Waals surface area contributed by atoms with Gasteiger partial charge in [-0.3, -0.25) is 9.59 Å². The van der Waals surface area contributed by atoms with Gasteiger partial charge in [0.25, 0.3) is 5.91 Å². The summed E-state index contributed by atoms with van der Waals surface area (Å²) in [6, 6.07) is 19.8. The lowest BCUT2D eigenvalue weighted by atomic mass is 9.93. The van der Waals surface area contributed by atoms with Crippen LogP contribution in [-0.2, 0) is 17.9 Å². The molecule has 0 bridgehead atoms. The number of fused-ring (bicyclic) bond motifs is 3. The molecule has 1 aliphatic rings. The Morgan fingerprint density at radius 2 is 1.80 bits per heavy atom. The molecule has 0 unspecified atom stereocenters. The van der Waals surface area contributed by atoms with Crippen LogP contribution in [0.3, 0.4) is 0 Å². The van der Waals surface area contributed by atoms with Gasteiger partial charge in [0, 0.05) is 24.0 Å². The Balaban J connectivity index is 1.74. The van der Waals surface area contributed by atoms with Gasteiger partial charge in [-0.1, -0.05) is 62.4 Å². The number of benzene rings is 2. The monoisotopic (exact) mass is 403 g/mol. The van der Waals surface area contributed by atoms with E-state index in [1.165, 1.54) is 0 Å². The molecule has 2 heterocycles. The molecule has 30 heavy (non-hydrogen) atoms. The second kappa shape index (κ2) is 7.98. The predicted octanol–water partition coefficient (Wildman–Crippen LogP) is 4.22. The maximum Gasteiger partial charge on any atom is 0.271 e. The maximum absolute atomic E-state index is 13.6. The van der Waals surface area contributed by atoms with Crippen molar-refractivity contribution in [2.75, 3.05) is 6.54 Å². The maximum atomic E-state index is 13.6. The van der Waals surface area contributed by atoms with E-state index in [4.69, 9.17) is 0 Å². The summed E-state index contributed by atoms with van der Waals surface area (Å²) < 4.78 is 2.00. The van der Waals surface area contributed by atoms with E-state index >= 15 is 0 Å². The summed E-state index contributed by atoms with van der Waals surface area (Å²) in [5.41, 5.74) is 1.66. The van der Waals surface area contributed by atoms with Crippen LogP contribution in [0.1, 0.15) is 43.2 Å². The zero-order valence-corrected chi connectivity index (χ0v) is 17.9. The molecule has 2 aromatic carbocycles. The van der Waals surface area contributed by atoms with Gasteiger partial charge in [-0.25, -0.2) is 0 Å². The molecular formula is C25H29N3O2. The Labute approximate surface area is 177 Å². The highest BCUT2D eigenvalue weighted by Gasteiger charge is 2.47. The molecule has 156 valence electrons. The van der Waals surface area contributed by atoms with Crippen molar-refractivity contribution in [3.63, 3.8) is 0 Å². The first kappa shape index (κ1) is 20.2. The van der Waals surface area contributed by atoms with Crippen molar-refractivity contribution in [2.45, 2.75) is 45.8 Å². The summed E-state index contributed by atoms with van der Waals surface area (Å²) in [6.45, 7) is 7.60. The van der Waals surface area contributed by atoms with Gasteiger partial charge in [-0.2, -0.15) is 0 Å². The molecule has 1 N–H and O–H groups in total. The van der Waals surface area contributed by atoms with E-state index in [1.54, 1.807) is 4.90 Å². The Morgan fingerprint density at radius 1 is 1.10 bits per heavy atom. The van der Waals surface area contributed by atoms with Crippen LogP contribution in [0, 0.1) is 5.92 Å². The van der Waals surface area contributed by atoms with E-state index in [0.717, 1.165) is 22.9 Å². The number of nitrogens with zero attached hydrogens (tertiary/aromatic N) is 2. The first-order chi connectivity index (χ1) is 14.4. The molecule has 0 saturated heterocycles. The van der Waals surface area contributed by atoms with E-state index in [1.807, 2.05) is 72.2 Å². The van der Waals surface area contributed by atoms with Crippen LogP contribution in [0.4, 0.5) is 0 Å². The molecule has 5 nitrogen and oxygen atoms in total. The number of carbonyl (C=O) groups excluding carboxylic acids is 2. The van der Waals surface area contributed by atoms with Crippen molar-refractivity contribution in [2.24, 2.45) is 5.92 Å². The lowest BCUT2D eigenvalue weighted by molar-refractivity contribution is -0.133. The lowest BCUT2D eigenvalue weighted by Gasteiger charge is -2.44. The molecule has 3 aromatic rings. The van der Waals surface area contributed by atoms with Crippen molar-refractivity contribution in [3.05, 3.63) is 71.9 Å². The number of hydrogen-bond donors (Lipinski definition) is 1. The number of nitrogens with one attached hydrogen (secondary N) is 1. The van der Waals surface area contributed by atoms with E-state index in [2.05, 4.69) is 19.2 Å². The minimum atomic E-state index is -0.974. The topological polar surface area (TPSA) is 54.3 Å². The van der Waals surface area contributed by atoms with Crippen LogP contribution < -0.4 is 5.32 Å². The van der Waals surface area contributed by atoms with Crippen molar-refractivity contribution < 1.29 is 9.59 Å². The van der Waals surface area contributed by atoms with Gasteiger partial charge in [0.1, 0.15) is 11.2 Å². The van der Waals surface area contributed by atoms with Crippen LogP contribution in [0.5, 0.6) is 0 Å². The fourth-order valence-corrected chi connectivity index (χ4v) is 4.18. The van der Waals surface area contributed by atoms with E-state index in [9.17, 15) is 9.59 Å². The quantitative estimate of drug-likeness (QED) is 0.670. The molecule has 0 aliphatic carbocycles. The van der Waals surface area contributed by atoms with Crippen molar-refractivity contribution >= 4 is 22.7 Å². The number of hydrogen-bond acceptors (Lipinski definition) is 2. The van der Waals surface area contributed by atoms with Gasteiger partial charge < -0.3 is 14.8 Å². The Kier molecular flexibility index (Phi) is 5.37. The summed E-state index contributed by atoms with van der Waals surface area (Å²) in [6.07, 6.45) is 0.909. The third-order valence-corrected chi connectivity index (χ3v) is 6.02. The Hall–Kier alpha value is -3.08. The minimum absolute atomic E-state index is 0.101. The van der Waals surface area contributed by atoms with Gasteiger partial charge in [-0.05, 0) is 37.0 Å². The Morgan fingerprint density at radius 3 is 2.53 bits per heavy atom. The number of carbonyl (C=O) groups is 2. The van der Waals surface area contributed by atoms with Gasteiger partial charge in [0.05, 0.1) is 6.54 Å². The van der Waals surface area contributed by atoms with Crippen LogP contribution in [-0.4, -0.2) is 33.4 Å². The van der Waals surface area contributed by atoms with Crippen molar-refractivity contribution in [1.29, 1.82) is 0 Å². The molecule has 0 fully saturated rings. The summed E-state index contributed by atoms with van der Waals surface area (Å²) in [4.78, 5) is 28.8. The highest BCUT2D eigenvalue weighted by atomic mass is 16.2. The number of para-hydroxylation sites is 1. The zero-order chi connectivity index (χ0) is 21.3. The average molecular weight is 404 g/mol. The molecule has 0 radical (unpaired) electrons. The fraction of sp³-hybridized carbons (Fsp3) is 0.360. The molecule has 0 spiro atoms. The summed E-state index contributed by atoms with van der Waals surface area (Å²) in [7, 11) is 0. The van der Waals surface area contributed by atoms with Crippen LogP contribution >= 0.6 is 0 Å². The summed E-state index contributed by atoms with van der Waals surface area (Å²) in [5.74, 6) is 0.296. The first-order valence-electron chi connectivity index (χ1n) is 10.6. The normalized spacial score (nSPS) is 18.7. The number of amides is 2. The average Bonchev–Trinajstić information content (AvgIpc) is 3.10. The van der Waals surface area contributed by atoms with Gasteiger partial charge in [0.2, 0.25) is 5.91 Å². The molecule has 1 atom stereocenters. The predicted molar refractivity (Wildman–Crippen MR) is 119 cm³/mol. The molecule has 4 rings (SSSR count). The summed E-state index contributed by atoms with van der Waals surface area (Å²) in [5, 5.41) is 4.10. The molecule has 2 amide bonds. The standard InChI is InChI=1S/C25H29N3O2/c1-18(2)13-14-26-24(30)25(3)17-27-21-12-8-7-11-20(21)15-22(27)23(29)28(25)16-19-9-5-4-6-10-19/h4-12,15,18H,13-14,16-17H2,1-3H3,(H,26,30)/t25-/m0/s1. The summed E-state index contributed by atoms with van der Waals surface area (Å²) >= 11 is 0. The van der Waals surface area contributed by atoms with E-state index < -0.39 is 5.54 Å². The third kappa shape index (κ3) is 3.60. The fourth-order valence-electron chi connectivity index (χ4n) is 4.18. The molecule has 1 aliphatic heterocycles. The van der Waals surface area contributed by atoms with Gasteiger partial charge in [0.15, 0.2) is 0 Å². The highest BCUT2D eigenvalue weighted by molar-refractivity contribution is 6.03. The molecule has 0 saturated carbocycles. The van der Waals surface area contributed by atoms with E-state index in [0.29, 0.717) is 31.2 Å². The minimum Gasteiger partial charge on any atom is -0.354 e. The first-order valence-corrected chi connectivity index (χ1v) is 10.6. The van der Waals surface area contributed by atoms with Crippen molar-refractivity contribution in [3.8, 4) is 0 Å². The van der Waals surface area contributed by atoms with Crippen LogP contribution in [0.2, 0.25) is 0 Å². The highest BCUT2D eigenvalue weighted by Crippen LogP contribution is 2.33. The van der Waals surface area contributed by atoms with Crippen LogP contribution in [0.25, 0.3) is 10.9 Å². The van der Waals surface area contributed by atoms with Gasteiger partial charge >= 0.3 is 0 Å². The largest absolute Gasteiger partial charge is 0.354 e.